The Labute approximate surface area is 168 Å². The molecule has 0 aromatic carbocycles. The second-order valence-corrected chi connectivity index (χ2v) is 7.65. The molecule has 3 heterocycles. The summed E-state index contributed by atoms with van der Waals surface area (Å²) in [5, 5.41) is 17.4. The molecule has 3 aromatic rings. The summed E-state index contributed by atoms with van der Waals surface area (Å²) in [6, 6.07) is 1.86. The summed E-state index contributed by atoms with van der Waals surface area (Å²) in [5.41, 5.74) is -1.27. The summed E-state index contributed by atoms with van der Waals surface area (Å²) in [6.45, 7) is 2.17. The minimum absolute atomic E-state index is 0.101. The Hall–Kier alpha value is -2.95. The molecule has 3 aromatic heterocycles. The number of aromatic amines is 1. The molecular weight excluding hydrogens is 403 g/mol. The number of fused-ring (bicyclic) bond motifs is 1. The van der Waals surface area contributed by atoms with E-state index in [1.54, 1.807) is 13.1 Å². The first-order chi connectivity index (χ1) is 14.2. The van der Waals surface area contributed by atoms with Crippen LogP contribution in [0.15, 0.2) is 23.1 Å². The second kappa shape index (κ2) is 7.38. The van der Waals surface area contributed by atoms with Crippen molar-refractivity contribution in [3.05, 3.63) is 35.6 Å². The Kier molecular flexibility index (Phi) is 5.00. The number of rotatable bonds is 7. The second-order valence-electron chi connectivity index (χ2n) is 7.65. The van der Waals surface area contributed by atoms with Crippen molar-refractivity contribution in [3.8, 4) is 0 Å². The van der Waals surface area contributed by atoms with Gasteiger partial charge in [-0.25, -0.2) is 9.97 Å². The van der Waals surface area contributed by atoms with Crippen LogP contribution >= 0.6 is 0 Å². The first kappa shape index (κ1) is 20.3. The molecule has 30 heavy (non-hydrogen) atoms. The predicted octanol–water partition coefficient (Wildman–Crippen LogP) is 3.19. The number of ketones is 1. The number of anilines is 1. The van der Waals surface area contributed by atoms with E-state index in [1.807, 2.05) is 6.07 Å². The lowest BCUT2D eigenvalue weighted by atomic mass is 9.68. The third-order valence-corrected chi connectivity index (χ3v) is 5.54. The predicted molar refractivity (Wildman–Crippen MR) is 100.0 cm³/mol. The van der Waals surface area contributed by atoms with Crippen LogP contribution in [0.3, 0.4) is 0 Å². The Morgan fingerprint density at radius 1 is 1.40 bits per heavy atom. The van der Waals surface area contributed by atoms with Gasteiger partial charge in [-0.3, -0.25) is 4.79 Å². The summed E-state index contributed by atoms with van der Waals surface area (Å²) in [4.78, 5) is 23.7. The van der Waals surface area contributed by atoms with Gasteiger partial charge in [-0.05, 0) is 31.7 Å². The Morgan fingerprint density at radius 2 is 2.17 bits per heavy atom. The van der Waals surface area contributed by atoms with E-state index in [0.29, 0.717) is 35.8 Å². The van der Waals surface area contributed by atoms with Crippen molar-refractivity contribution in [2.24, 2.45) is 5.92 Å². The van der Waals surface area contributed by atoms with Crippen molar-refractivity contribution in [1.82, 2.24) is 20.1 Å². The maximum absolute atomic E-state index is 12.7. The normalized spacial score (nSPS) is 21.6. The van der Waals surface area contributed by atoms with Gasteiger partial charge in [0.1, 0.15) is 23.6 Å². The van der Waals surface area contributed by atoms with Crippen LogP contribution in [0, 0.1) is 12.8 Å². The molecule has 3 N–H and O–H groups in total. The molecule has 160 valence electrons. The zero-order valence-corrected chi connectivity index (χ0v) is 16.1. The largest absolute Gasteiger partial charge is 0.417 e. The van der Waals surface area contributed by atoms with E-state index in [4.69, 9.17) is 4.52 Å². The number of alkyl halides is 3. The molecule has 1 aliphatic carbocycles. The van der Waals surface area contributed by atoms with Crippen LogP contribution < -0.4 is 5.32 Å². The molecule has 0 bridgehead atoms. The van der Waals surface area contributed by atoms with Crippen LogP contribution in [-0.2, 0) is 6.42 Å². The number of nitrogens with zero attached hydrogens (tertiary/aromatic N) is 3. The molecule has 8 nitrogen and oxygen atoms in total. The Balaban J connectivity index is 1.33. The van der Waals surface area contributed by atoms with E-state index in [-0.39, 0.29) is 17.9 Å². The maximum atomic E-state index is 12.7. The van der Waals surface area contributed by atoms with Crippen molar-refractivity contribution >= 4 is 22.6 Å². The highest BCUT2D eigenvalue weighted by Gasteiger charge is 2.61. The Bertz CT molecular complexity index is 1070. The highest BCUT2D eigenvalue weighted by Crippen LogP contribution is 2.49. The standard InChI is InChI=1S/C19H20F3N5O3/c1-10-14(3-5-24-17-12-2-4-23-16(12)25-9-26-17)30-27-15(10)13(28)6-11-7-18(29,8-11)19(20,21)22/h2,4,9,11,29H,3,5-8H2,1H3,(H2,23,24,25,26). The molecule has 1 aliphatic rings. The third kappa shape index (κ3) is 3.64. The maximum Gasteiger partial charge on any atom is 0.417 e. The molecule has 0 aliphatic heterocycles. The molecule has 0 unspecified atom stereocenters. The van der Waals surface area contributed by atoms with Gasteiger partial charge >= 0.3 is 6.18 Å². The van der Waals surface area contributed by atoms with Gasteiger partial charge in [0, 0.05) is 31.1 Å². The number of Topliss-reactive ketones (excluding diaryl/α,β-unsaturated/α-hetero) is 1. The Morgan fingerprint density at radius 3 is 2.90 bits per heavy atom. The fourth-order valence-electron chi connectivity index (χ4n) is 3.80. The van der Waals surface area contributed by atoms with Crippen LogP contribution in [0.5, 0.6) is 0 Å². The summed E-state index contributed by atoms with van der Waals surface area (Å²) in [7, 11) is 0. The highest BCUT2D eigenvalue weighted by molar-refractivity contribution is 5.95. The van der Waals surface area contributed by atoms with E-state index < -0.39 is 30.5 Å². The molecule has 1 fully saturated rings. The first-order valence-electron chi connectivity index (χ1n) is 9.47. The van der Waals surface area contributed by atoms with Crippen molar-refractivity contribution in [2.75, 3.05) is 11.9 Å². The van der Waals surface area contributed by atoms with Gasteiger partial charge in [0.2, 0.25) is 0 Å². The van der Waals surface area contributed by atoms with E-state index in [9.17, 15) is 23.1 Å². The monoisotopic (exact) mass is 423 g/mol. The lowest BCUT2D eigenvalue weighted by Gasteiger charge is -2.44. The van der Waals surface area contributed by atoms with Crippen LogP contribution in [0.2, 0.25) is 0 Å². The van der Waals surface area contributed by atoms with Gasteiger partial charge in [-0.2, -0.15) is 13.2 Å². The van der Waals surface area contributed by atoms with E-state index in [1.165, 1.54) is 6.33 Å². The highest BCUT2D eigenvalue weighted by atomic mass is 19.4. The molecular formula is C19H20F3N5O3. The van der Waals surface area contributed by atoms with Crippen LogP contribution in [0.4, 0.5) is 19.0 Å². The summed E-state index contributed by atoms with van der Waals surface area (Å²) >= 11 is 0. The number of hydrogen-bond acceptors (Lipinski definition) is 7. The van der Waals surface area contributed by atoms with Crippen LogP contribution in [0.25, 0.3) is 11.0 Å². The average Bonchev–Trinajstić information content (AvgIpc) is 3.27. The molecule has 0 saturated heterocycles. The van der Waals surface area contributed by atoms with Gasteiger partial charge < -0.3 is 19.9 Å². The van der Waals surface area contributed by atoms with E-state index in [0.717, 1.165) is 5.39 Å². The fourth-order valence-corrected chi connectivity index (χ4v) is 3.80. The fraction of sp³-hybridized carbons (Fsp3) is 0.474. The number of aromatic nitrogens is 4. The average molecular weight is 423 g/mol. The number of aliphatic hydroxyl groups is 1. The summed E-state index contributed by atoms with van der Waals surface area (Å²) in [6.07, 6.45) is -2.06. The van der Waals surface area contributed by atoms with Crippen LogP contribution in [0.1, 0.15) is 41.1 Å². The van der Waals surface area contributed by atoms with Crippen molar-refractivity contribution < 1.29 is 27.6 Å². The quantitative estimate of drug-likeness (QED) is 0.500. The summed E-state index contributed by atoms with van der Waals surface area (Å²) in [5.74, 6) is 0.281. The number of halogens is 3. The van der Waals surface area contributed by atoms with Gasteiger partial charge in [0.25, 0.3) is 0 Å². The minimum atomic E-state index is -4.67. The number of H-pyrrole nitrogens is 1. The topological polar surface area (TPSA) is 117 Å². The number of hydrogen-bond donors (Lipinski definition) is 3. The zero-order chi connectivity index (χ0) is 21.5. The lowest BCUT2D eigenvalue weighted by Crippen LogP contribution is -2.55. The van der Waals surface area contributed by atoms with Gasteiger partial charge in [-0.1, -0.05) is 5.16 Å². The van der Waals surface area contributed by atoms with Gasteiger partial charge in [0.05, 0.1) is 5.39 Å². The number of nitrogens with one attached hydrogen (secondary N) is 2. The molecule has 0 atom stereocenters. The van der Waals surface area contributed by atoms with E-state index in [2.05, 4.69) is 25.4 Å². The molecule has 0 radical (unpaired) electrons. The van der Waals surface area contributed by atoms with Gasteiger partial charge in [0.15, 0.2) is 17.1 Å². The van der Waals surface area contributed by atoms with Crippen LogP contribution in [-0.4, -0.2) is 49.3 Å². The summed E-state index contributed by atoms with van der Waals surface area (Å²) < 4.78 is 43.4. The molecule has 0 spiro atoms. The SMILES string of the molecule is Cc1c(C(=O)CC2CC(O)(C(F)(F)F)C2)noc1CCNc1ncnc2[nH]ccc12. The molecule has 4 rings (SSSR count). The van der Waals surface area contributed by atoms with Crippen molar-refractivity contribution in [1.29, 1.82) is 0 Å². The van der Waals surface area contributed by atoms with Crippen molar-refractivity contribution in [2.45, 2.75) is 44.4 Å². The lowest BCUT2D eigenvalue weighted by molar-refractivity contribution is -0.298. The molecule has 0 amide bonds. The molecule has 11 heteroatoms. The first-order valence-corrected chi connectivity index (χ1v) is 9.47. The third-order valence-electron chi connectivity index (χ3n) is 5.54. The van der Waals surface area contributed by atoms with Gasteiger partial charge in [-0.15, -0.1) is 0 Å². The van der Waals surface area contributed by atoms with Crippen molar-refractivity contribution in [3.63, 3.8) is 0 Å². The minimum Gasteiger partial charge on any atom is -0.380 e. The number of carbonyl (C=O) groups excluding carboxylic acids is 1. The molecule has 1 saturated carbocycles. The smallest absolute Gasteiger partial charge is 0.380 e. The van der Waals surface area contributed by atoms with E-state index >= 15 is 0 Å². The zero-order valence-electron chi connectivity index (χ0n) is 16.1. The number of carbonyl (C=O) groups is 1.